The van der Waals surface area contributed by atoms with Crippen molar-refractivity contribution in [2.45, 2.75) is 18.9 Å². The Labute approximate surface area is 211 Å². The standard InChI is InChI=1S/C25H26BrN5O4/c1-34-22-14-19-18(24(28-15-27-19)29-17-7-3-6-16(26)12-17)13-20(22)30-23(32)9-5-11-31-10-4-8-21(31)25(33)35-2/h3,5-7,9,12-15,21H,4,8,10-11H2,1-2H3,(H,30,32)(H,27,28,29)/b9-5+. The van der Waals surface area contributed by atoms with E-state index in [0.717, 1.165) is 34.9 Å². The van der Waals surface area contributed by atoms with E-state index in [0.29, 0.717) is 29.3 Å². The zero-order valence-corrected chi connectivity index (χ0v) is 21.0. The van der Waals surface area contributed by atoms with Gasteiger partial charge in [-0.25, -0.2) is 9.97 Å². The van der Waals surface area contributed by atoms with Gasteiger partial charge in [-0.1, -0.05) is 28.1 Å². The van der Waals surface area contributed by atoms with Crippen molar-refractivity contribution in [2.24, 2.45) is 0 Å². The molecule has 0 aliphatic carbocycles. The molecule has 1 saturated heterocycles. The molecule has 2 heterocycles. The number of rotatable bonds is 8. The normalized spacial score (nSPS) is 15.9. The van der Waals surface area contributed by atoms with E-state index in [-0.39, 0.29) is 17.9 Å². The lowest BCUT2D eigenvalue weighted by molar-refractivity contribution is -0.145. The number of aromatic nitrogens is 2. The molecule has 10 heteroatoms. The number of likely N-dealkylation sites (tertiary alicyclic amines) is 1. The number of nitrogens with zero attached hydrogens (tertiary/aromatic N) is 3. The van der Waals surface area contributed by atoms with Crippen molar-refractivity contribution in [1.29, 1.82) is 0 Å². The zero-order chi connectivity index (χ0) is 24.8. The maximum atomic E-state index is 12.7. The van der Waals surface area contributed by atoms with Gasteiger partial charge in [0.05, 0.1) is 25.4 Å². The van der Waals surface area contributed by atoms with Crippen molar-refractivity contribution in [3.05, 3.63) is 59.4 Å². The summed E-state index contributed by atoms with van der Waals surface area (Å²) in [7, 11) is 2.93. The molecule has 35 heavy (non-hydrogen) atoms. The monoisotopic (exact) mass is 539 g/mol. The summed E-state index contributed by atoms with van der Waals surface area (Å²) in [6, 6.07) is 11.0. The highest BCUT2D eigenvalue weighted by molar-refractivity contribution is 9.10. The Kier molecular flexibility index (Phi) is 7.94. The molecule has 0 radical (unpaired) electrons. The van der Waals surface area contributed by atoms with Crippen LogP contribution < -0.4 is 15.4 Å². The summed E-state index contributed by atoms with van der Waals surface area (Å²) in [6.07, 6.45) is 6.36. The zero-order valence-electron chi connectivity index (χ0n) is 19.5. The molecule has 1 aromatic heterocycles. The largest absolute Gasteiger partial charge is 0.494 e. The number of hydrogen-bond acceptors (Lipinski definition) is 8. The number of esters is 1. The smallest absolute Gasteiger partial charge is 0.323 e. The molecule has 182 valence electrons. The van der Waals surface area contributed by atoms with Gasteiger partial charge in [-0.3, -0.25) is 14.5 Å². The minimum Gasteiger partial charge on any atom is -0.494 e. The van der Waals surface area contributed by atoms with Crippen LogP contribution in [0.5, 0.6) is 5.75 Å². The van der Waals surface area contributed by atoms with Crippen molar-refractivity contribution in [1.82, 2.24) is 14.9 Å². The molecule has 0 bridgehead atoms. The summed E-state index contributed by atoms with van der Waals surface area (Å²) in [5, 5.41) is 6.90. The molecule has 4 rings (SSSR count). The first-order valence-corrected chi connectivity index (χ1v) is 11.9. The van der Waals surface area contributed by atoms with Gasteiger partial charge in [-0.15, -0.1) is 0 Å². The fourth-order valence-corrected chi connectivity index (χ4v) is 4.47. The molecule has 0 spiro atoms. The maximum absolute atomic E-state index is 12.7. The lowest BCUT2D eigenvalue weighted by Gasteiger charge is -2.20. The first-order valence-electron chi connectivity index (χ1n) is 11.1. The van der Waals surface area contributed by atoms with E-state index in [1.807, 2.05) is 29.2 Å². The number of halogens is 1. The molecule has 1 amide bonds. The topological polar surface area (TPSA) is 106 Å². The van der Waals surface area contributed by atoms with Crippen LogP contribution in [0.25, 0.3) is 10.9 Å². The fourth-order valence-electron chi connectivity index (χ4n) is 4.07. The average molecular weight is 540 g/mol. The molecule has 0 saturated carbocycles. The van der Waals surface area contributed by atoms with Gasteiger partial charge in [0.1, 0.15) is 23.9 Å². The van der Waals surface area contributed by atoms with Crippen LogP contribution in [-0.2, 0) is 14.3 Å². The minimum absolute atomic E-state index is 0.240. The summed E-state index contributed by atoms with van der Waals surface area (Å²) < 4.78 is 11.3. The Morgan fingerprint density at radius 2 is 2.09 bits per heavy atom. The Bertz CT molecular complexity index is 1270. The maximum Gasteiger partial charge on any atom is 0.323 e. The van der Waals surface area contributed by atoms with E-state index < -0.39 is 0 Å². The second kappa shape index (κ2) is 11.3. The van der Waals surface area contributed by atoms with Crippen molar-refractivity contribution >= 4 is 55.9 Å². The first kappa shape index (κ1) is 24.6. The van der Waals surface area contributed by atoms with E-state index in [4.69, 9.17) is 9.47 Å². The highest BCUT2D eigenvalue weighted by Gasteiger charge is 2.30. The Morgan fingerprint density at radius 1 is 1.23 bits per heavy atom. The Balaban J connectivity index is 1.51. The van der Waals surface area contributed by atoms with Crippen molar-refractivity contribution in [2.75, 3.05) is 37.9 Å². The number of anilines is 3. The van der Waals surface area contributed by atoms with Crippen molar-refractivity contribution in [3.63, 3.8) is 0 Å². The van der Waals surface area contributed by atoms with Gasteiger partial charge in [0, 0.05) is 34.2 Å². The third-order valence-electron chi connectivity index (χ3n) is 5.75. The van der Waals surface area contributed by atoms with Crippen LogP contribution in [0.2, 0.25) is 0 Å². The minimum atomic E-state index is -0.310. The lowest BCUT2D eigenvalue weighted by atomic mass is 10.1. The van der Waals surface area contributed by atoms with Crippen LogP contribution in [0.15, 0.2) is 59.4 Å². The quantitative estimate of drug-likeness (QED) is 0.322. The summed E-state index contributed by atoms with van der Waals surface area (Å²) in [5.74, 6) is 0.534. The highest BCUT2D eigenvalue weighted by Crippen LogP contribution is 2.33. The van der Waals surface area contributed by atoms with E-state index in [9.17, 15) is 9.59 Å². The van der Waals surface area contributed by atoms with Gasteiger partial charge >= 0.3 is 5.97 Å². The molecule has 1 unspecified atom stereocenters. The van der Waals surface area contributed by atoms with Crippen LogP contribution in [-0.4, -0.2) is 60.1 Å². The van der Waals surface area contributed by atoms with Gasteiger partial charge in [0.2, 0.25) is 5.91 Å². The predicted octanol–water partition coefficient (Wildman–Crippen LogP) is 4.28. The van der Waals surface area contributed by atoms with Crippen molar-refractivity contribution < 1.29 is 19.1 Å². The molecular formula is C25H26BrN5O4. The molecule has 2 aromatic carbocycles. The van der Waals surface area contributed by atoms with Gasteiger partial charge < -0.3 is 20.1 Å². The number of carbonyl (C=O) groups is 2. The number of benzene rings is 2. The number of ether oxygens (including phenoxy) is 2. The molecule has 2 N–H and O–H groups in total. The number of methoxy groups -OCH3 is 2. The third-order valence-corrected chi connectivity index (χ3v) is 6.24. The summed E-state index contributed by atoms with van der Waals surface area (Å²) in [4.78, 5) is 35.3. The Hall–Kier alpha value is -3.50. The number of hydrogen-bond donors (Lipinski definition) is 2. The molecule has 1 aliphatic rings. The van der Waals surface area contributed by atoms with E-state index in [2.05, 4.69) is 36.5 Å². The molecular weight excluding hydrogens is 514 g/mol. The fraction of sp³-hybridized carbons (Fsp3) is 0.280. The summed E-state index contributed by atoms with van der Waals surface area (Å²) in [5.41, 5.74) is 2.03. The second-order valence-corrected chi connectivity index (χ2v) is 8.91. The molecule has 1 fully saturated rings. The summed E-state index contributed by atoms with van der Waals surface area (Å²) in [6.45, 7) is 1.27. The Morgan fingerprint density at radius 3 is 2.86 bits per heavy atom. The highest BCUT2D eigenvalue weighted by atomic mass is 79.9. The number of fused-ring (bicyclic) bond motifs is 1. The number of nitrogens with one attached hydrogen (secondary N) is 2. The first-order chi connectivity index (χ1) is 17.0. The molecule has 1 atom stereocenters. The van der Waals surface area contributed by atoms with Gasteiger partial charge in [0.25, 0.3) is 0 Å². The van der Waals surface area contributed by atoms with Crippen LogP contribution in [0.4, 0.5) is 17.2 Å². The van der Waals surface area contributed by atoms with Crippen molar-refractivity contribution in [3.8, 4) is 5.75 Å². The van der Waals surface area contributed by atoms with Crippen LogP contribution in [0, 0.1) is 0 Å². The molecule has 3 aromatic rings. The second-order valence-electron chi connectivity index (χ2n) is 8.00. The lowest BCUT2D eigenvalue weighted by Crippen LogP contribution is -2.36. The summed E-state index contributed by atoms with van der Waals surface area (Å²) >= 11 is 3.47. The van der Waals surface area contributed by atoms with Gasteiger partial charge in [-0.2, -0.15) is 0 Å². The molecule has 9 nitrogen and oxygen atoms in total. The van der Waals surface area contributed by atoms with E-state index >= 15 is 0 Å². The van der Waals surface area contributed by atoms with E-state index in [1.54, 1.807) is 18.2 Å². The molecule has 1 aliphatic heterocycles. The van der Waals surface area contributed by atoms with Gasteiger partial charge in [-0.05, 0) is 43.7 Å². The van der Waals surface area contributed by atoms with Crippen LogP contribution in [0.3, 0.4) is 0 Å². The number of amides is 1. The van der Waals surface area contributed by atoms with E-state index in [1.165, 1.54) is 26.6 Å². The van der Waals surface area contributed by atoms with Crippen LogP contribution >= 0.6 is 15.9 Å². The number of carbonyl (C=O) groups excluding carboxylic acids is 2. The third kappa shape index (κ3) is 5.95. The van der Waals surface area contributed by atoms with Gasteiger partial charge in [0.15, 0.2) is 0 Å². The predicted molar refractivity (Wildman–Crippen MR) is 138 cm³/mol. The SMILES string of the molecule is COC(=O)C1CCCN1C/C=C/C(=O)Nc1cc2c(Nc3cccc(Br)c3)ncnc2cc1OC. The van der Waals surface area contributed by atoms with Crippen LogP contribution in [0.1, 0.15) is 12.8 Å². The average Bonchev–Trinajstić information content (AvgIpc) is 3.32.